The van der Waals surface area contributed by atoms with Gasteiger partial charge in [0.25, 0.3) is 0 Å². The zero-order chi connectivity index (χ0) is 21.0. The molecule has 0 unspecified atom stereocenters. The van der Waals surface area contributed by atoms with Gasteiger partial charge < -0.3 is 4.74 Å². The van der Waals surface area contributed by atoms with Gasteiger partial charge in [-0.25, -0.2) is 26.5 Å². The van der Waals surface area contributed by atoms with Crippen molar-refractivity contribution in [2.45, 2.75) is 13.5 Å². The molecule has 29 heavy (non-hydrogen) atoms. The van der Waals surface area contributed by atoms with Crippen molar-refractivity contribution in [3.8, 4) is 17.3 Å². The highest BCUT2D eigenvalue weighted by molar-refractivity contribution is 6.33. The number of nitrogens with two attached hydrogens (primary N) is 2. The third-order valence-corrected chi connectivity index (χ3v) is 4.59. The van der Waals surface area contributed by atoms with Crippen LogP contribution in [0.5, 0.6) is 5.88 Å². The van der Waals surface area contributed by atoms with Crippen LogP contribution in [-0.4, -0.2) is 28.1 Å². The Kier molecular flexibility index (Phi) is 6.28. The minimum Gasteiger partial charge on any atom is -0.473 e. The van der Waals surface area contributed by atoms with Gasteiger partial charge in [0.15, 0.2) is 5.82 Å². The third kappa shape index (κ3) is 4.62. The minimum atomic E-state index is -0.556. The van der Waals surface area contributed by atoms with Crippen LogP contribution in [0.15, 0.2) is 54.7 Å². The first-order chi connectivity index (χ1) is 13.9. The number of urea groups is 1. The summed E-state index contributed by atoms with van der Waals surface area (Å²) in [6.07, 6.45) is 1.60. The quantitative estimate of drug-likeness (QED) is 0.378. The van der Waals surface area contributed by atoms with E-state index in [1.54, 1.807) is 30.5 Å². The lowest BCUT2D eigenvalue weighted by molar-refractivity contribution is 0.216. The highest BCUT2D eigenvalue weighted by atomic mass is 35.5. The number of amides is 2. The van der Waals surface area contributed by atoms with E-state index in [1.165, 1.54) is 7.05 Å². The van der Waals surface area contributed by atoms with Crippen molar-refractivity contribution in [3.63, 3.8) is 0 Å². The summed E-state index contributed by atoms with van der Waals surface area (Å²) < 4.78 is 5.87. The van der Waals surface area contributed by atoms with Gasteiger partial charge >= 0.3 is 6.03 Å². The van der Waals surface area contributed by atoms with E-state index in [-0.39, 0.29) is 6.61 Å². The third-order valence-electron chi connectivity index (χ3n) is 4.26. The summed E-state index contributed by atoms with van der Waals surface area (Å²) in [5, 5.41) is 2.45. The number of anilines is 1. The molecule has 0 bridgehead atoms. The van der Waals surface area contributed by atoms with Crippen LogP contribution in [0.4, 0.5) is 10.5 Å². The Morgan fingerprint density at radius 3 is 2.62 bits per heavy atom. The average Bonchev–Trinajstić information content (AvgIpc) is 2.72. The van der Waals surface area contributed by atoms with E-state index < -0.39 is 6.03 Å². The van der Waals surface area contributed by atoms with Gasteiger partial charge in [-0.1, -0.05) is 35.9 Å². The lowest BCUT2D eigenvalue weighted by atomic mass is 10.1. The lowest BCUT2D eigenvalue weighted by Crippen LogP contribution is -2.49. The monoisotopic (exact) mass is 412 g/mol. The topological polar surface area (TPSA) is 111 Å². The molecule has 3 rings (SSSR count). The van der Waals surface area contributed by atoms with Gasteiger partial charge in [-0.15, -0.1) is 0 Å². The Morgan fingerprint density at radius 1 is 1.14 bits per heavy atom. The number of nitrogens with zero attached hydrogens (tertiary/aromatic N) is 4. The van der Waals surface area contributed by atoms with Gasteiger partial charge in [-0.05, 0) is 30.7 Å². The van der Waals surface area contributed by atoms with Gasteiger partial charge in [0.05, 0.1) is 10.7 Å². The Hall–Kier alpha value is -3.20. The van der Waals surface area contributed by atoms with Crippen molar-refractivity contribution in [2.75, 3.05) is 12.1 Å². The second kappa shape index (κ2) is 8.87. The fourth-order valence-corrected chi connectivity index (χ4v) is 2.93. The van der Waals surface area contributed by atoms with Crippen LogP contribution in [0.2, 0.25) is 5.02 Å². The van der Waals surface area contributed by atoms with Crippen molar-refractivity contribution >= 4 is 23.3 Å². The molecule has 9 heteroatoms. The number of hydrogen-bond donors (Lipinski definition) is 2. The Balaban J connectivity index is 1.85. The SMILES string of the molecule is Cc1cccc(N(N)C(=O)N(C)N)c1COc1ccnc(-c2ccccc2Cl)n1. The number of hydrazine groups is 2. The highest BCUT2D eigenvalue weighted by Gasteiger charge is 2.19. The molecule has 0 aliphatic rings. The summed E-state index contributed by atoms with van der Waals surface area (Å²) in [5.74, 6) is 12.3. The molecule has 150 valence electrons. The Labute approximate surface area is 173 Å². The first-order valence-electron chi connectivity index (χ1n) is 8.75. The van der Waals surface area contributed by atoms with Crippen LogP contribution in [0.3, 0.4) is 0 Å². The van der Waals surface area contributed by atoms with Crippen molar-refractivity contribution in [1.29, 1.82) is 0 Å². The molecule has 2 amide bonds. The number of ether oxygens (including phenoxy) is 1. The lowest BCUT2D eigenvalue weighted by Gasteiger charge is -2.24. The molecule has 1 heterocycles. The normalized spacial score (nSPS) is 10.5. The minimum absolute atomic E-state index is 0.149. The Bertz CT molecular complexity index is 1030. The van der Waals surface area contributed by atoms with Gasteiger partial charge in [-0.2, -0.15) is 4.98 Å². The maximum absolute atomic E-state index is 12.1. The predicted octanol–water partition coefficient (Wildman–Crippen LogP) is 3.29. The number of carbonyl (C=O) groups excluding carboxylic acids is 1. The molecule has 4 N–H and O–H groups in total. The molecule has 0 saturated carbocycles. The number of aryl methyl sites for hydroxylation is 1. The van der Waals surface area contributed by atoms with Crippen LogP contribution in [0.25, 0.3) is 11.4 Å². The Morgan fingerprint density at radius 2 is 1.90 bits per heavy atom. The van der Waals surface area contributed by atoms with E-state index in [0.29, 0.717) is 28.0 Å². The highest BCUT2D eigenvalue weighted by Crippen LogP contribution is 2.27. The maximum Gasteiger partial charge on any atom is 0.352 e. The molecule has 0 aliphatic heterocycles. The summed E-state index contributed by atoms with van der Waals surface area (Å²) in [7, 11) is 1.42. The van der Waals surface area contributed by atoms with Crippen molar-refractivity contribution in [2.24, 2.45) is 11.7 Å². The largest absolute Gasteiger partial charge is 0.473 e. The maximum atomic E-state index is 12.1. The zero-order valence-corrected chi connectivity index (χ0v) is 16.8. The average molecular weight is 413 g/mol. The summed E-state index contributed by atoms with van der Waals surface area (Å²) in [4.78, 5) is 20.8. The van der Waals surface area contributed by atoms with Crippen molar-refractivity contribution < 1.29 is 9.53 Å². The molecule has 0 fully saturated rings. The molecule has 3 aromatic rings. The van der Waals surface area contributed by atoms with Crippen LogP contribution < -0.4 is 21.4 Å². The summed E-state index contributed by atoms with van der Waals surface area (Å²) in [6, 6.07) is 13.8. The van der Waals surface area contributed by atoms with Crippen molar-refractivity contribution in [3.05, 3.63) is 70.9 Å². The smallest absolute Gasteiger partial charge is 0.352 e. The number of aromatic nitrogens is 2. The van der Waals surface area contributed by atoms with Gasteiger partial charge in [-0.3, -0.25) is 5.01 Å². The van der Waals surface area contributed by atoms with Gasteiger partial charge in [0, 0.05) is 30.4 Å². The molecule has 8 nitrogen and oxygen atoms in total. The van der Waals surface area contributed by atoms with E-state index in [4.69, 9.17) is 28.0 Å². The fourth-order valence-electron chi connectivity index (χ4n) is 2.71. The zero-order valence-electron chi connectivity index (χ0n) is 16.0. The first kappa shape index (κ1) is 20.5. The molecular formula is C20H21ClN6O2. The summed E-state index contributed by atoms with van der Waals surface area (Å²) in [6.45, 7) is 2.05. The molecule has 0 atom stereocenters. The molecule has 0 radical (unpaired) electrons. The standard InChI is InChI=1S/C20H21ClN6O2/c1-13-6-5-9-17(27(23)20(28)26(2)22)15(13)12-29-18-10-11-24-19(25-18)14-7-3-4-8-16(14)21/h3-11H,12,22-23H2,1-2H3. The molecule has 0 aliphatic carbocycles. The fraction of sp³-hybridized carbons (Fsp3) is 0.150. The van der Waals surface area contributed by atoms with Crippen molar-refractivity contribution in [1.82, 2.24) is 15.0 Å². The van der Waals surface area contributed by atoms with Gasteiger partial charge in [0.2, 0.25) is 5.88 Å². The van der Waals surface area contributed by atoms with E-state index in [1.807, 2.05) is 31.2 Å². The molecular weight excluding hydrogens is 392 g/mol. The number of hydrogen-bond acceptors (Lipinski definition) is 6. The number of halogens is 1. The summed E-state index contributed by atoms with van der Waals surface area (Å²) in [5.41, 5.74) is 2.85. The second-order valence-electron chi connectivity index (χ2n) is 6.32. The number of carbonyl (C=O) groups is 1. The number of benzene rings is 2. The molecule has 1 aromatic heterocycles. The first-order valence-corrected chi connectivity index (χ1v) is 9.12. The van der Waals surface area contributed by atoms with Crippen LogP contribution in [0, 0.1) is 6.92 Å². The second-order valence-corrected chi connectivity index (χ2v) is 6.73. The van der Waals surface area contributed by atoms with E-state index in [2.05, 4.69) is 9.97 Å². The van der Waals surface area contributed by atoms with E-state index in [0.717, 1.165) is 21.1 Å². The van der Waals surface area contributed by atoms with Gasteiger partial charge in [0.1, 0.15) is 6.61 Å². The molecule has 0 spiro atoms. The molecule has 0 saturated heterocycles. The van der Waals surface area contributed by atoms with E-state index >= 15 is 0 Å². The number of rotatable bonds is 5. The summed E-state index contributed by atoms with van der Waals surface area (Å²) >= 11 is 6.23. The predicted molar refractivity (Wildman–Crippen MR) is 112 cm³/mol. The molecule has 2 aromatic carbocycles. The van der Waals surface area contributed by atoms with Crippen LogP contribution >= 0.6 is 11.6 Å². The van der Waals surface area contributed by atoms with E-state index in [9.17, 15) is 4.79 Å². The van der Waals surface area contributed by atoms with Crippen LogP contribution in [-0.2, 0) is 6.61 Å². The van der Waals surface area contributed by atoms with Crippen LogP contribution in [0.1, 0.15) is 11.1 Å².